The van der Waals surface area contributed by atoms with Crippen LogP contribution in [0.25, 0.3) is 0 Å². The maximum atomic E-state index is 11.4. The van der Waals surface area contributed by atoms with Gasteiger partial charge in [-0.2, -0.15) is 0 Å². The molecule has 2 rings (SSSR count). The molecule has 1 aliphatic rings. The molecule has 1 aliphatic carbocycles. The standard InChI is InChI=1S/C11H14N2O4/c1-6-5-8(14)9(15)10(13(6)2)17-11(16)12-7-3-4-7/h5,7,15H,3-4H2,1-2H3,(H,12,16). The molecule has 1 saturated carbocycles. The Kier molecular flexibility index (Phi) is 2.79. The molecule has 0 spiro atoms. The third-order valence-corrected chi connectivity index (χ3v) is 2.70. The van der Waals surface area contributed by atoms with Crippen LogP contribution in [0.5, 0.6) is 11.6 Å². The first kappa shape index (κ1) is 11.5. The van der Waals surface area contributed by atoms with E-state index >= 15 is 0 Å². The Hall–Kier alpha value is -1.98. The summed E-state index contributed by atoms with van der Waals surface area (Å²) in [7, 11) is 1.61. The summed E-state index contributed by atoms with van der Waals surface area (Å²) in [5.74, 6) is -0.683. The van der Waals surface area contributed by atoms with E-state index in [1.54, 1.807) is 14.0 Å². The zero-order valence-electron chi connectivity index (χ0n) is 9.69. The SMILES string of the molecule is Cc1cc(=O)c(O)c(OC(=O)NC2CC2)n1C. The lowest BCUT2D eigenvalue weighted by molar-refractivity contribution is 0.193. The van der Waals surface area contributed by atoms with E-state index in [0.717, 1.165) is 12.8 Å². The summed E-state index contributed by atoms with van der Waals surface area (Å²) in [6.07, 6.45) is 1.23. The molecule has 92 valence electrons. The van der Waals surface area contributed by atoms with E-state index < -0.39 is 17.3 Å². The summed E-state index contributed by atoms with van der Waals surface area (Å²) in [5, 5.41) is 12.2. The minimum atomic E-state index is -0.650. The van der Waals surface area contributed by atoms with Gasteiger partial charge in [0.1, 0.15) is 0 Å². The number of ether oxygens (including phenoxy) is 1. The van der Waals surface area contributed by atoms with E-state index in [4.69, 9.17) is 4.74 Å². The van der Waals surface area contributed by atoms with Gasteiger partial charge in [-0.25, -0.2) is 4.79 Å². The Bertz CT molecular complexity index is 517. The van der Waals surface area contributed by atoms with Gasteiger partial charge in [0, 0.05) is 24.8 Å². The van der Waals surface area contributed by atoms with Gasteiger partial charge in [0.2, 0.25) is 11.2 Å². The smallest absolute Gasteiger partial charge is 0.414 e. The molecule has 1 aromatic rings. The second-order valence-electron chi connectivity index (χ2n) is 4.17. The second-order valence-corrected chi connectivity index (χ2v) is 4.17. The Morgan fingerprint density at radius 1 is 1.59 bits per heavy atom. The van der Waals surface area contributed by atoms with Gasteiger partial charge in [-0.05, 0) is 19.8 Å². The average Bonchev–Trinajstić information content (AvgIpc) is 3.05. The molecule has 2 N–H and O–H groups in total. The molecule has 1 aromatic heterocycles. The third-order valence-electron chi connectivity index (χ3n) is 2.70. The van der Waals surface area contributed by atoms with Crippen molar-refractivity contribution in [2.24, 2.45) is 7.05 Å². The van der Waals surface area contributed by atoms with Crippen molar-refractivity contribution in [3.63, 3.8) is 0 Å². The van der Waals surface area contributed by atoms with Crippen LogP contribution in [0.15, 0.2) is 10.9 Å². The molecule has 0 atom stereocenters. The molecular weight excluding hydrogens is 224 g/mol. The Morgan fingerprint density at radius 2 is 2.24 bits per heavy atom. The number of nitrogens with one attached hydrogen (secondary N) is 1. The molecule has 17 heavy (non-hydrogen) atoms. The van der Waals surface area contributed by atoms with Crippen molar-refractivity contribution in [2.75, 3.05) is 0 Å². The third kappa shape index (κ3) is 2.41. The van der Waals surface area contributed by atoms with Gasteiger partial charge >= 0.3 is 6.09 Å². The van der Waals surface area contributed by atoms with Crippen molar-refractivity contribution in [3.05, 3.63) is 22.0 Å². The van der Waals surface area contributed by atoms with Crippen LogP contribution in [0.3, 0.4) is 0 Å². The van der Waals surface area contributed by atoms with Crippen LogP contribution >= 0.6 is 0 Å². The topological polar surface area (TPSA) is 80.6 Å². The zero-order valence-corrected chi connectivity index (χ0v) is 9.69. The van der Waals surface area contributed by atoms with Gasteiger partial charge in [0.05, 0.1) is 0 Å². The van der Waals surface area contributed by atoms with Gasteiger partial charge < -0.3 is 19.7 Å². The number of aromatic nitrogens is 1. The predicted molar refractivity (Wildman–Crippen MR) is 60.3 cm³/mol. The van der Waals surface area contributed by atoms with Crippen LogP contribution in [0.4, 0.5) is 4.79 Å². The monoisotopic (exact) mass is 238 g/mol. The highest BCUT2D eigenvalue weighted by Crippen LogP contribution is 2.23. The lowest BCUT2D eigenvalue weighted by Gasteiger charge is -2.13. The summed E-state index contributed by atoms with van der Waals surface area (Å²) in [5.41, 5.74) is 0.0387. The number of rotatable bonds is 2. The van der Waals surface area contributed by atoms with Crippen molar-refractivity contribution in [1.82, 2.24) is 9.88 Å². The highest BCUT2D eigenvalue weighted by atomic mass is 16.6. The number of pyridine rings is 1. The molecule has 1 fully saturated rings. The molecule has 0 bridgehead atoms. The Balaban J connectivity index is 2.24. The van der Waals surface area contributed by atoms with Crippen LogP contribution in [0.1, 0.15) is 18.5 Å². The number of carbonyl (C=O) groups is 1. The van der Waals surface area contributed by atoms with E-state index in [1.165, 1.54) is 10.6 Å². The first-order valence-electron chi connectivity index (χ1n) is 5.37. The highest BCUT2D eigenvalue weighted by molar-refractivity contribution is 5.71. The number of nitrogens with zero attached hydrogens (tertiary/aromatic N) is 1. The molecular formula is C11H14N2O4. The van der Waals surface area contributed by atoms with Gasteiger partial charge in [0.15, 0.2) is 0 Å². The van der Waals surface area contributed by atoms with Gasteiger partial charge in [-0.3, -0.25) is 4.79 Å². The zero-order chi connectivity index (χ0) is 12.6. The molecule has 1 amide bonds. The van der Waals surface area contributed by atoms with Gasteiger partial charge in [-0.15, -0.1) is 0 Å². The van der Waals surface area contributed by atoms with E-state index in [2.05, 4.69) is 5.32 Å². The number of amides is 1. The van der Waals surface area contributed by atoms with E-state index in [0.29, 0.717) is 5.69 Å². The summed E-state index contributed by atoms with van der Waals surface area (Å²) in [4.78, 5) is 22.8. The predicted octanol–water partition coefficient (Wildman–Crippen LogP) is 0.650. The minimum Gasteiger partial charge on any atom is -0.500 e. The van der Waals surface area contributed by atoms with E-state index in [-0.39, 0.29) is 11.9 Å². The van der Waals surface area contributed by atoms with E-state index in [9.17, 15) is 14.7 Å². The van der Waals surface area contributed by atoms with Crippen molar-refractivity contribution in [3.8, 4) is 11.6 Å². The number of aryl methyl sites for hydroxylation is 1. The lowest BCUT2D eigenvalue weighted by Crippen LogP contribution is -2.30. The number of hydrogen-bond acceptors (Lipinski definition) is 4. The first-order chi connectivity index (χ1) is 7.99. The minimum absolute atomic E-state index is 0.131. The summed E-state index contributed by atoms with van der Waals surface area (Å²) in [6, 6.07) is 1.44. The Labute approximate surface area is 97.8 Å². The van der Waals surface area contributed by atoms with Gasteiger partial charge in [-0.1, -0.05) is 0 Å². The molecule has 0 aromatic carbocycles. The molecule has 1 heterocycles. The summed E-state index contributed by atoms with van der Waals surface area (Å²) < 4.78 is 6.40. The normalized spacial score (nSPS) is 14.5. The molecule has 6 nitrogen and oxygen atoms in total. The number of aromatic hydroxyl groups is 1. The van der Waals surface area contributed by atoms with Crippen LogP contribution in [-0.2, 0) is 7.05 Å². The molecule has 0 saturated heterocycles. The lowest BCUT2D eigenvalue weighted by atomic mass is 10.3. The summed E-state index contributed by atoms with van der Waals surface area (Å²) >= 11 is 0. The molecule has 0 unspecified atom stereocenters. The fourth-order valence-electron chi connectivity index (χ4n) is 1.41. The van der Waals surface area contributed by atoms with Crippen molar-refractivity contribution >= 4 is 6.09 Å². The van der Waals surface area contributed by atoms with Crippen molar-refractivity contribution < 1.29 is 14.6 Å². The van der Waals surface area contributed by atoms with Gasteiger partial charge in [0.25, 0.3) is 5.88 Å². The average molecular weight is 238 g/mol. The Morgan fingerprint density at radius 3 is 2.82 bits per heavy atom. The van der Waals surface area contributed by atoms with Crippen LogP contribution in [0.2, 0.25) is 0 Å². The molecule has 6 heteroatoms. The first-order valence-corrected chi connectivity index (χ1v) is 5.37. The maximum Gasteiger partial charge on any atom is 0.414 e. The quantitative estimate of drug-likeness (QED) is 0.792. The highest BCUT2D eigenvalue weighted by Gasteiger charge is 2.25. The number of hydrogen-bond donors (Lipinski definition) is 2. The van der Waals surface area contributed by atoms with Crippen LogP contribution in [0, 0.1) is 6.92 Å². The van der Waals surface area contributed by atoms with Crippen molar-refractivity contribution in [2.45, 2.75) is 25.8 Å². The number of carbonyl (C=O) groups excluding carboxylic acids is 1. The fraction of sp³-hybridized carbons (Fsp3) is 0.455. The van der Waals surface area contributed by atoms with Crippen molar-refractivity contribution in [1.29, 1.82) is 0 Å². The second kappa shape index (κ2) is 4.12. The van der Waals surface area contributed by atoms with Crippen LogP contribution < -0.4 is 15.5 Å². The fourth-order valence-corrected chi connectivity index (χ4v) is 1.41. The maximum absolute atomic E-state index is 11.4. The summed E-state index contributed by atoms with van der Waals surface area (Å²) in [6.45, 7) is 1.69. The molecule has 0 radical (unpaired) electrons. The van der Waals surface area contributed by atoms with Crippen LogP contribution in [-0.4, -0.2) is 21.8 Å². The molecule has 0 aliphatic heterocycles. The van der Waals surface area contributed by atoms with E-state index in [1.807, 2.05) is 0 Å². The largest absolute Gasteiger partial charge is 0.500 e.